The summed E-state index contributed by atoms with van der Waals surface area (Å²) in [6, 6.07) is 12.2. The molecule has 1 aliphatic rings. The normalized spacial score (nSPS) is 15.3. The van der Waals surface area contributed by atoms with Crippen molar-refractivity contribution in [3.05, 3.63) is 53.8 Å². The molecule has 3 rings (SSSR count). The van der Waals surface area contributed by atoms with Crippen molar-refractivity contribution in [2.75, 3.05) is 26.1 Å². The van der Waals surface area contributed by atoms with E-state index < -0.39 is 0 Å². The lowest BCUT2D eigenvalue weighted by Gasteiger charge is -2.41. The Hall–Kier alpha value is -2.03. The SMILES string of the molecule is COc1ccc(NC(N)=NCC2(c3ccc(F)cc3)CCC2)cc1OC.I. The zero-order chi connectivity index (χ0) is 18.6. The van der Waals surface area contributed by atoms with E-state index in [9.17, 15) is 4.39 Å². The first-order chi connectivity index (χ1) is 12.6. The van der Waals surface area contributed by atoms with Gasteiger partial charge in [0.1, 0.15) is 5.82 Å². The molecule has 0 bridgehead atoms. The molecular formula is C20H25FIN3O2. The van der Waals surface area contributed by atoms with Crippen molar-refractivity contribution >= 4 is 35.6 Å². The highest BCUT2D eigenvalue weighted by atomic mass is 127. The first-order valence-electron chi connectivity index (χ1n) is 8.61. The van der Waals surface area contributed by atoms with Crippen molar-refractivity contribution < 1.29 is 13.9 Å². The van der Waals surface area contributed by atoms with Gasteiger partial charge in [-0.25, -0.2) is 4.39 Å². The number of guanidine groups is 1. The average Bonchev–Trinajstić information content (AvgIpc) is 2.62. The van der Waals surface area contributed by atoms with Crippen molar-refractivity contribution in [2.45, 2.75) is 24.7 Å². The minimum atomic E-state index is -0.221. The molecule has 2 aromatic rings. The molecule has 1 saturated carbocycles. The molecule has 0 heterocycles. The Bertz CT molecular complexity index is 792. The van der Waals surface area contributed by atoms with Crippen LogP contribution in [0.5, 0.6) is 11.5 Å². The average molecular weight is 485 g/mol. The van der Waals surface area contributed by atoms with Gasteiger partial charge in [0, 0.05) is 17.2 Å². The molecule has 0 saturated heterocycles. The van der Waals surface area contributed by atoms with Gasteiger partial charge in [-0.3, -0.25) is 4.99 Å². The summed E-state index contributed by atoms with van der Waals surface area (Å²) in [7, 11) is 3.18. The Morgan fingerprint density at radius 1 is 1.11 bits per heavy atom. The predicted molar refractivity (Wildman–Crippen MR) is 117 cm³/mol. The summed E-state index contributed by atoms with van der Waals surface area (Å²) in [4.78, 5) is 4.53. The fourth-order valence-corrected chi connectivity index (χ4v) is 3.28. The second kappa shape index (κ2) is 9.25. The van der Waals surface area contributed by atoms with Crippen LogP contribution in [-0.2, 0) is 5.41 Å². The van der Waals surface area contributed by atoms with Crippen LogP contribution >= 0.6 is 24.0 Å². The molecular weight excluding hydrogens is 460 g/mol. The number of rotatable bonds is 6. The lowest BCUT2D eigenvalue weighted by molar-refractivity contribution is 0.253. The summed E-state index contributed by atoms with van der Waals surface area (Å²) in [5.41, 5.74) is 7.91. The molecule has 0 radical (unpaired) electrons. The number of methoxy groups -OCH3 is 2. The van der Waals surface area contributed by atoms with Gasteiger partial charge >= 0.3 is 0 Å². The van der Waals surface area contributed by atoms with E-state index in [-0.39, 0.29) is 35.2 Å². The first kappa shape index (κ1) is 21.3. The summed E-state index contributed by atoms with van der Waals surface area (Å²) in [6.07, 6.45) is 3.22. The maximum atomic E-state index is 13.2. The smallest absolute Gasteiger partial charge is 0.193 e. The molecule has 3 N–H and O–H groups in total. The molecule has 1 fully saturated rings. The highest BCUT2D eigenvalue weighted by Gasteiger charge is 2.38. The van der Waals surface area contributed by atoms with Crippen LogP contribution in [0, 0.1) is 5.82 Å². The molecule has 0 atom stereocenters. The van der Waals surface area contributed by atoms with Gasteiger partial charge in [0.15, 0.2) is 17.5 Å². The fourth-order valence-electron chi connectivity index (χ4n) is 3.28. The molecule has 0 unspecified atom stereocenters. The van der Waals surface area contributed by atoms with Gasteiger partial charge < -0.3 is 20.5 Å². The zero-order valence-corrected chi connectivity index (χ0v) is 17.8. The van der Waals surface area contributed by atoms with Crippen LogP contribution < -0.4 is 20.5 Å². The second-order valence-corrected chi connectivity index (χ2v) is 6.54. The third-order valence-corrected chi connectivity index (χ3v) is 4.98. The molecule has 5 nitrogen and oxygen atoms in total. The molecule has 27 heavy (non-hydrogen) atoms. The standard InChI is InChI=1S/C20H24FN3O2.HI/c1-25-17-9-8-16(12-18(17)26-2)24-19(22)23-13-20(10-3-11-20)14-4-6-15(21)7-5-14;/h4-9,12H,3,10-11,13H2,1-2H3,(H3,22,23,24);1H. The molecule has 146 valence electrons. The lowest BCUT2D eigenvalue weighted by Crippen LogP contribution is -2.38. The van der Waals surface area contributed by atoms with Crippen molar-refractivity contribution in [1.29, 1.82) is 0 Å². The largest absolute Gasteiger partial charge is 0.493 e. The Balaban J connectivity index is 0.00000261. The zero-order valence-electron chi connectivity index (χ0n) is 15.5. The van der Waals surface area contributed by atoms with Crippen LogP contribution in [0.2, 0.25) is 0 Å². The van der Waals surface area contributed by atoms with E-state index in [4.69, 9.17) is 15.2 Å². The van der Waals surface area contributed by atoms with E-state index in [1.54, 1.807) is 26.4 Å². The Morgan fingerprint density at radius 2 is 1.78 bits per heavy atom. The van der Waals surface area contributed by atoms with E-state index in [2.05, 4.69) is 10.3 Å². The van der Waals surface area contributed by atoms with Gasteiger partial charge in [-0.2, -0.15) is 0 Å². The number of ether oxygens (including phenoxy) is 2. The first-order valence-corrected chi connectivity index (χ1v) is 8.61. The van der Waals surface area contributed by atoms with Crippen molar-refractivity contribution in [3.63, 3.8) is 0 Å². The number of anilines is 1. The molecule has 0 aliphatic heterocycles. The maximum absolute atomic E-state index is 13.2. The van der Waals surface area contributed by atoms with Crippen molar-refractivity contribution in [2.24, 2.45) is 10.7 Å². The van der Waals surface area contributed by atoms with E-state index in [0.29, 0.717) is 24.0 Å². The van der Waals surface area contributed by atoms with E-state index in [0.717, 1.165) is 30.5 Å². The minimum absolute atomic E-state index is 0. The summed E-state index contributed by atoms with van der Waals surface area (Å²) < 4.78 is 23.7. The summed E-state index contributed by atoms with van der Waals surface area (Å²) in [5.74, 6) is 1.39. The fraction of sp³-hybridized carbons (Fsp3) is 0.350. The van der Waals surface area contributed by atoms with E-state index >= 15 is 0 Å². The van der Waals surface area contributed by atoms with Gasteiger partial charge in [0.25, 0.3) is 0 Å². The van der Waals surface area contributed by atoms with Crippen molar-refractivity contribution in [3.8, 4) is 11.5 Å². The van der Waals surface area contributed by atoms with E-state index in [1.807, 2.05) is 18.2 Å². The molecule has 1 aliphatic carbocycles. The molecule has 0 spiro atoms. The lowest BCUT2D eigenvalue weighted by atomic mass is 9.64. The number of aliphatic imine (C=N–C) groups is 1. The van der Waals surface area contributed by atoms with Gasteiger partial charge in [-0.05, 0) is 42.7 Å². The minimum Gasteiger partial charge on any atom is -0.493 e. The van der Waals surface area contributed by atoms with Crippen LogP contribution in [0.15, 0.2) is 47.5 Å². The van der Waals surface area contributed by atoms with Crippen LogP contribution in [0.25, 0.3) is 0 Å². The van der Waals surface area contributed by atoms with Crippen LogP contribution in [0.1, 0.15) is 24.8 Å². The highest BCUT2D eigenvalue weighted by molar-refractivity contribution is 14.0. The third-order valence-electron chi connectivity index (χ3n) is 4.98. The molecule has 7 heteroatoms. The maximum Gasteiger partial charge on any atom is 0.193 e. The number of benzene rings is 2. The number of nitrogens with one attached hydrogen (secondary N) is 1. The third kappa shape index (κ3) is 4.82. The van der Waals surface area contributed by atoms with Gasteiger partial charge in [0.05, 0.1) is 20.8 Å². The number of nitrogens with two attached hydrogens (primary N) is 1. The number of halogens is 2. The van der Waals surface area contributed by atoms with Crippen molar-refractivity contribution in [1.82, 2.24) is 0 Å². The van der Waals surface area contributed by atoms with Crippen LogP contribution in [-0.4, -0.2) is 26.7 Å². The second-order valence-electron chi connectivity index (χ2n) is 6.54. The van der Waals surface area contributed by atoms with Gasteiger partial charge in [-0.1, -0.05) is 18.6 Å². The molecule has 0 aromatic heterocycles. The molecule has 2 aromatic carbocycles. The Labute approximate surface area is 176 Å². The van der Waals surface area contributed by atoms with Gasteiger partial charge in [0.2, 0.25) is 0 Å². The predicted octanol–water partition coefficient (Wildman–Crippen LogP) is 4.31. The van der Waals surface area contributed by atoms with Gasteiger partial charge in [-0.15, -0.1) is 24.0 Å². The summed E-state index contributed by atoms with van der Waals surface area (Å²) in [5, 5.41) is 3.08. The quantitative estimate of drug-likeness (QED) is 0.364. The van der Waals surface area contributed by atoms with Crippen LogP contribution in [0.4, 0.5) is 10.1 Å². The number of nitrogens with zero attached hydrogens (tertiary/aromatic N) is 1. The monoisotopic (exact) mass is 485 g/mol. The van der Waals surface area contributed by atoms with E-state index in [1.165, 1.54) is 12.1 Å². The highest BCUT2D eigenvalue weighted by Crippen LogP contribution is 2.44. The number of hydrogen-bond acceptors (Lipinski definition) is 3. The van der Waals surface area contributed by atoms with Crippen LogP contribution in [0.3, 0.4) is 0 Å². The summed E-state index contributed by atoms with van der Waals surface area (Å²) >= 11 is 0. The topological polar surface area (TPSA) is 68.9 Å². The Morgan fingerprint density at radius 3 is 2.33 bits per heavy atom. The summed E-state index contributed by atoms with van der Waals surface area (Å²) in [6.45, 7) is 0.574. The molecule has 0 amide bonds. The Kier molecular flexibility index (Phi) is 7.29. The number of hydrogen-bond donors (Lipinski definition) is 2.